The highest BCUT2D eigenvalue weighted by molar-refractivity contribution is 4.90. The zero-order valence-corrected chi connectivity index (χ0v) is 9.05. The molecule has 0 aromatic heterocycles. The Hall–Kier alpha value is -0.0800. The summed E-state index contributed by atoms with van der Waals surface area (Å²) >= 11 is 0. The molecule has 0 saturated carbocycles. The predicted octanol–water partition coefficient (Wildman–Crippen LogP) is 1.42. The minimum absolute atomic E-state index is 0.694. The van der Waals surface area contributed by atoms with Gasteiger partial charge in [0.25, 0.3) is 0 Å². The van der Waals surface area contributed by atoms with Crippen molar-refractivity contribution in [3.8, 4) is 0 Å². The molecule has 2 nitrogen and oxygen atoms in total. The van der Waals surface area contributed by atoms with Crippen molar-refractivity contribution in [2.24, 2.45) is 5.41 Å². The maximum Gasteiger partial charge on any atom is 0.00359 e. The van der Waals surface area contributed by atoms with Gasteiger partial charge in [-0.1, -0.05) is 0 Å². The molecule has 2 aliphatic rings. The van der Waals surface area contributed by atoms with Gasteiger partial charge in [-0.25, -0.2) is 0 Å². The van der Waals surface area contributed by atoms with Crippen LogP contribution in [0.3, 0.4) is 0 Å². The van der Waals surface area contributed by atoms with Gasteiger partial charge in [0.1, 0.15) is 0 Å². The highest BCUT2D eigenvalue weighted by Gasteiger charge is 2.36. The third kappa shape index (κ3) is 2.05. The van der Waals surface area contributed by atoms with E-state index in [9.17, 15) is 0 Å². The SMILES string of the molecule is CN1CCC2(CCCN(C)C2)CC1. The van der Waals surface area contributed by atoms with Crippen molar-refractivity contribution in [3.05, 3.63) is 0 Å². The van der Waals surface area contributed by atoms with Crippen molar-refractivity contribution >= 4 is 0 Å². The third-order valence-electron chi connectivity index (χ3n) is 3.90. The van der Waals surface area contributed by atoms with E-state index in [4.69, 9.17) is 0 Å². The first kappa shape index (κ1) is 9.47. The van der Waals surface area contributed by atoms with Gasteiger partial charge >= 0.3 is 0 Å². The Kier molecular flexibility index (Phi) is 2.61. The molecule has 0 N–H and O–H groups in total. The molecule has 13 heavy (non-hydrogen) atoms. The fraction of sp³-hybridized carbons (Fsp3) is 1.00. The highest BCUT2D eigenvalue weighted by Crippen LogP contribution is 2.38. The van der Waals surface area contributed by atoms with Crippen LogP contribution in [0.15, 0.2) is 0 Å². The fourth-order valence-corrected chi connectivity index (χ4v) is 2.96. The van der Waals surface area contributed by atoms with Crippen LogP contribution >= 0.6 is 0 Å². The molecule has 0 unspecified atom stereocenters. The van der Waals surface area contributed by atoms with Crippen molar-refractivity contribution in [3.63, 3.8) is 0 Å². The van der Waals surface area contributed by atoms with Crippen LogP contribution in [0.25, 0.3) is 0 Å². The van der Waals surface area contributed by atoms with Crippen LogP contribution in [0, 0.1) is 5.41 Å². The van der Waals surface area contributed by atoms with Crippen molar-refractivity contribution in [1.29, 1.82) is 0 Å². The average molecular weight is 182 g/mol. The van der Waals surface area contributed by atoms with Crippen molar-refractivity contribution in [1.82, 2.24) is 9.80 Å². The standard InChI is InChI=1S/C11H22N2/c1-12-8-5-11(6-9-12)4-3-7-13(2)10-11/h3-10H2,1-2H3. The number of hydrogen-bond acceptors (Lipinski definition) is 2. The zero-order chi connectivity index (χ0) is 9.31. The molecule has 0 aromatic carbocycles. The molecule has 0 radical (unpaired) electrons. The molecule has 0 aromatic rings. The van der Waals surface area contributed by atoms with Crippen LogP contribution in [0.1, 0.15) is 25.7 Å². The summed E-state index contributed by atoms with van der Waals surface area (Å²) in [7, 11) is 4.53. The maximum atomic E-state index is 2.52. The first-order valence-electron chi connectivity index (χ1n) is 5.57. The minimum atomic E-state index is 0.694. The van der Waals surface area contributed by atoms with E-state index in [1.165, 1.54) is 51.9 Å². The van der Waals surface area contributed by atoms with E-state index < -0.39 is 0 Å². The fourth-order valence-electron chi connectivity index (χ4n) is 2.96. The van der Waals surface area contributed by atoms with E-state index in [0.29, 0.717) is 5.41 Å². The molecule has 0 aliphatic carbocycles. The zero-order valence-electron chi connectivity index (χ0n) is 9.05. The van der Waals surface area contributed by atoms with Crippen molar-refractivity contribution in [2.45, 2.75) is 25.7 Å². The summed E-state index contributed by atoms with van der Waals surface area (Å²) in [4.78, 5) is 4.99. The molecule has 2 saturated heterocycles. The second kappa shape index (κ2) is 3.58. The molecule has 0 bridgehead atoms. The van der Waals surface area contributed by atoms with Gasteiger partial charge in [0.15, 0.2) is 0 Å². The normalized spacial score (nSPS) is 30.9. The molecule has 2 rings (SSSR count). The maximum absolute atomic E-state index is 2.52. The molecular weight excluding hydrogens is 160 g/mol. The van der Waals surface area contributed by atoms with Crippen LogP contribution < -0.4 is 0 Å². The Morgan fingerprint density at radius 3 is 2.15 bits per heavy atom. The molecule has 76 valence electrons. The lowest BCUT2D eigenvalue weighted by Crippen LogP contribution is -2.47. The lowest BCUT2D eigenvalue weighted by atomic mass is 9.73. The lowest BCUT2D eigenvalue weighted by Gasteiger charge is -2.46. The van der Waals surface area contributed by atoms with Gasteiger partial charge in [0.05, 0.1) is 0 Å². The quantitative estimate of drug-likeness (QED) is 0.559. The smallest absolute Gasteiger partial charge is 0.00359 e. The van der Waals surface area contributed by atoms with Gasteiger partial charge < -0.3 is 9.80 Å². The molecule has 0 amide bonds. The Balaban J connectivity index is 1.95. The molecule has 2 fully saturated rings. The summed E-state index contributed by atoms with van der Waals surface area (Å²) in [6.45, 7) is 5.29. The monoisotopic (exact) mass is 182 g/mol. The van der Waals surface area contributed by atoms with Gasteiger partial charge in [0, 0.05) is 6.54 Å². The summed E-state index contributed by atoms with van der Waals surface area (Å²) in [6.07, 6.45) is 5.74. The summed E-state index contributed by atoms with van der Waals surface area (Å²) in [6, 6.07) is 0. The summed E-state index contributed by atoms with van der Waals surface area (Å²) in [5, 5.41) is 0. The van der Waals surface area contributed by atoms with Gasteiger partial charge in [-0.2, -0.15) is 0 Å². The first-order chi connectivity index (χ1) is 6.20. The number of hydrogen-bond donors (Lipinski definition) is 0. The van der Waals surface area contributed by atoms with Crippen LogP contribution in [-0.2, 0) is 0 Å². The number of piperidine rings is 2. The Morgan fingerprint density at radius 2 is 1.54 bits per heavy atom. The lowest BCUT2D eigenvalue weighted by molar-refractivity contribution is 0.0425. The summed E-state index contributed by atoms with van der Waals surface area (Å²) in [5.74, 6) is 0. The Labute approximate surface area is 81.9 Å². The van der Waals surface area contributed by atoms with Crippen LogP contribution in [-0.4, -0.2) is 50.1 Å². The van der Waals surface area contributed by atoms with Crippen LogP contribution in [0.4, 0.5) is 0 Å². The van der Waals surface area contributed by atoms with E-state index in [-0.39, 0.29) is 0 Å². The predicted molar refractivity (Wildman–Crippen MR) is 55.9 cm³/mol. The van der Waals surface area contributed by atoms with E-state index in [2.05, 4.69) is 23.9 Å². The van der Waals surface area contributed by atoms with E-state index in [0.717, 1.165) is 0 Å². The first-order valence-corrected chi connectivity index (χ1v) is 5.57. The number of nitrogens with zero attached hydrogens (tertiary/aromatic N) is 2. The topological polar surface area (TPSA) is 6.48 Å². The van der Waals surface area contributed by atoms with Gasteiger partial charge in [-0.15, -0.1) is 0 Å². The molecule has 1 spiro atoms. The van der Waals surface area contributed by atoms with E-state index in [1.54, 1.807) is 0 Å². The van der Waals surface area contributed by atoms with E-state index >= 15 is 0 Å². The molecule has 2 heteroatoms. The summed E-state index contributed by atoms with van der Waals surface area (Å²) < 4.78 is 0. The molecule has 2 heterocycles. The number of rotatable bonds is 0. The Morgan fingerprint density at radius 1 is 0.846 bits per heavy atom. The Bertz CT molecular complexity index is 171. The van der Waals surface area contributed by atoms with E-state index in [1.807, 2.05) is 0 Å². The van der Waals surface area contributed by atoms with Gasteiger partial charge in [-0.3, -0.25) is 0 Å². The van der Waals surface area contributed by atoms with Gasteiger partial charge in [-0.05, 0) is 64.8 Å². The second-order valence-electron chi connectivity index (χ2n) is 5.14. The molecular formula is C11H22N2. The second-order valence-corrected chi connectivity index (χ2v) is 5.14. The minimum Gasteiger partial charge on any atom is -0.306 e. The highest BCUT2D eigenvalue weighted by atomic mass is 15.1. The van der Waals surface area contributed by atoms with Crippen LogP contribution in [0.2, 0.25) is 0 Å². The number of likely N-dealkylation sites (tertiary alicyclic amines) is 2. The summed E-state index contributed by atoms with van der Waals surface area (Å²) in [5.41, 5.74) is 0.694. The van der Waals surface area contributed by atoms with Crippen molar-refractivity contribution < 1.29 is 0 Å². The van der Waals surface area contributed by atoms with Crippen molar-refractivity contribution in [2.75, 3.05) is 40.3 Å². The average Bonchev–Trinajstić information content (AvgIpc) is 2.11. The molecule has 2 aliphatic heterocycles. The third-order valence-corrected chi connectivity index (χ3v) is 3.90. The molecule has 0 atom stereocenters. The van der Waals surface area contributed by atoms with Gasteiger partial charge in [0.2, 0.25) is 0 Å². The van der Waals surface area contributed by atoms with Crippen LogP contribution in [0.5, 0.6) is 0 Å². The largest absolute Gasteiger partial charge is 0.306 e.